The molecular formula is C23H27BrN4O4. The van der Waals surface area contributed by atoms with Crippen molar-refractivity contribution >= 4 is 33.1 Å². The Morgan fingerprint density at radius 3 is 2.78 bits per heavy atom. The molecular weight excluding hydrogens is 476 g/mol. The van der Waals surface area contributed by atoms with Crippen molar-refractivity contribution in [1.29, 1.82) is 0 Å². The fourth-order valence-electron chi connectivity index (χ4n) is 5.45. The largest absolute Gasteiger partial charge is 0.380 e. The van der Waals surface area contributed by atoms with Crippen molar-refractivity contribution in [1.82, 2.24) is 9.78 Å². The van der Waals surface area contributed by atoms with Crippen molar-refractivity contribution in [2.75, 3.05) is 5.32 Å². The molecule has 1 N–H and O–H groups in total. The fourth-order valence-corrected chi connectivity index (χ4v) is 5.87. The molecule has 0 unspecified atom stereocenters. The van der Waals surface area contributed by atoms with E-state index in [1.807, 2.05) is 0 Å². The van der Waals surface area contributed by atoms with Crippen LogP contribution in [0.15, 0.2) is 39.7 Å². The Morgan fingerprint density at radius 2 is 2.12 bits per heavy atom. The Bertz CT molecular complexity index is 1130. The van der Waals surface area contributed by atoms with Crippen LogP contribution >= 0.6 is 15.9 Å². The number of hydrogen-bond acceptors (Lipinski definition) is 6. The molecule has 3 saturated carbocycles. The van der Waals surface area contributed by atoms with E-state index in [1.165, 1.54) is 18.6 Å². The number of nitro groups is 1. The zero-order valence-corrected chi connectivity index (χ0v) is 20.0. The first-order valence-corrected chi connectivity index (χ1v) is 11.6. The van der Waals surface area contributed by atoms with Gasteiger partial charge in [0, 0.05) is 24.6 Å². The van der Waals surface area contributed by atoms with Crippen molar-refractivity contribution in [3.8, 4) is 0 Å². The van der Waals surface area contributed by atoms with E-state index in [2.05, 4.69) is 47.1 Å². The van der Waals surface area contributed by atoms with Crippen molar-refractivity contribution in [2.45, 2.75) is 52.6 Å². The van der Waals surface area contributed by atoms with Crippen LogP contribution in [0.5, 0.6) is 0 Å². The molecule has 0 amide bonds. The van der Waals surface area contributed by atoms with E-state index in [0.29, 0.717) is 38.9 Å². The molecule has 3 aliphatic carbocycles. The molecule has 5 rings (SSSR count). The number of nitrogens with zero attached hydrogens (tertiary/aromatic N) is 3. The van der Waals surface area contributed by atoms with E-state index >= 15 is 0 Å². The molecule has 2 aromatic rings. The van der Waals surface area contributed by atoms with Crippen LogP contribution in [0.3, 0.4) is 0 Å². The molecule has 0 saturated heterocycles. The molecule has 8 nitrogen and oxygen atoms in total. The van der Waals surface area contributed by atoms with E-state index in [1.54, 1.807) is 18.3 Å². The molecule has 3 fully saturated rings. The standard InChI is InChI=1S/C23H27BrN4O4/c1-13-18-9-15(23(18,2)3)10-19(13)26-20-11-25-27(22(30)21(20)24)12-17(29)8-14-5-4-6-16(7-14)28(31)32/h4-7,11,13,15,18-19,26H,8-10,12H2,1-3H3/t13-,15+,18-,19-/m1/s1. The highest BCUT2D eigenvalue weighted by Gasteiger charge is 2.56. The second-order valence-corrected chi connectivity index (χ2v) is 10.5. The summed E-state index contributed by atoms with van der Waals surface area (Å²) in [5, 5.41) is 18.6. The molecule has 2 bridgehead atoms. The highest BCUT2D eigenvalue weighted by molar-refractivity contribution is 9.10. The van der Waals surface area contributed by atoms with Gasteiger partial charge in [-0.3, -0.25) is 19.7 Å². The molecule has 0 spiro atoms. The number of hydrogen-bond donors (Lipinski definition) is 1. The number of anilines is 1. The summed E-state index contributed by atoms with van der Waals surface area (Å²) in [6.45, 7) is 6.77. The predicted molar refractivity (Wildman–Crippen MR) is 125 cm³/mol. The summed E-state index contributed by atoms with van der Waals surface area (Å²) < 4.78 is 1.49. The Labute approximate surface area is 194 Å². The summed E-state index contributed by atoms with van der Waals surface area (Å²) in [5.41, 5.74) is 1.12. The number of fused-ring (bicyclic) bond motifs is 2. The van der Waals surface area contributed by atoms with Crippen LogP contribution in [-0.4, -0.2) is 26.5 Å². The number of benzene rings is 1. The topological polar surface area (TPSA) is 107 Å². The molecule has 32 heavy (non-hydrogen) atoms. The summed E-state index contributed by atoms with van der Waals surface area (Å²) in [7, 11) is 0. The summed E-state index contributed by atoms with van der Waals surface area (Å²) in [6, 6.07) is 6.23. The summed E-state index contributed by atoms with van der Waals surface area (Å²) in [5.74, 6) is 1.62. The molecule has 0 aliphatic heterocycles. The Morgan fingerprint density at radius 1 is 1.38 bits per heavy atom. The average Bonchev–Trinajstić information content (AvgIpc) is 2.74. The summed E-state index contributed by atoms with van der Waals surface area (Å²) in [4.78, 5) is 35.7. The first kappa shape index (κ1) is 22.6. The van der Waals surface area contributed by atoms with Crippen LogP contribution in [0.4, 0.5) is 11.4 Å². The van der Waals surface area contributed by atoms with Crippen LogP contribution in [0.1, 0.15) is 39.2 Å². The van der Waals surface area contributed by atoms with Gasteiger partial charge in [-0.2, -0.15) is 5.10 Å². The monoisotopic (exact) mass is 502 g/mol. The maximum atomic E-state index is 12.8. The molecule has 1 aromatic carbocycles. The third kappa shape index (κ3) is 4.10. The van der Waals surface area contributed by atoms with Crippen LogP contribution in [0.2, 0.25) is 0 Å². The SMILES string of the molecule is C[C@@H]1[C@H]2C[C@@H](C[C@H]1Nc1cnn(CC(=O)Cc3cccc([N+](=O)[O-])c3)c(=O)c1Br)C2(C)C. The zero-order chi connectivity index (χ0) is 23.2. The number of Topliss-reactive ketones (excluding diaryl/α,β-unsaturated/α-hetero) is 1. The highest BCUT2D eigenvalue weighted by Crippen LogP contribution is 2.61. The number of nitro benzene ring substituents is 1. The molecule has 3 aliphatic rings. The van der Waals surface area contributed by atoms with E-state index in [4.69, 9.17) is 0 Å². The summed E-state index contributed by atoms with van der Waals surface area (Å²) in [6.07, 6.45) is 3.93. The minimum absolute atomic E-state index is 0.00836. The van der Waals surface area contributed by atoms with Gasteiger partial charge in [0.25, 0.3) is 11.2 Å². The molecule has 9 heteroatoms. The lowest BCUT2D eigenvalue weighted by atomic mass is 9.45. The Hall–Kier alpha value is -2.55. The Kier molecular flexibility index (Phi) is 5.96. The number of ketones is 1. The number of carbonyl (C=O) groups is 1. The quantitative estimate of drug-likeness (QED) is 0.448. The van der Waals surface area contributed by atoms with Crippen LogP contribution in [0.25, 0.3) is 0 Å². The van der Waals surface area contributed by atoms with E-state index in [9.17, 15) is 19.7 Å². The van der Waals surface area contributed by atoms with Crippen molar-refractivity contribution in [3.63, 3.8) is 0 Å². The molecule has 1 aromatic heterocycles. The van der Waals surface area contributed by atoms with E-state index in [-0.39, 0.29) is 36.0 Å². The van der Waals surface area contributed by atoms with Gasteiger partial charge in [0.05, 0.1) is 16.8 Å². The van der Waals surface area contributed by atoms with E-state index in [0.717, 1.165) is 11.1 Å². The minimum atomic E-state index is -0.500. The van der Waals surface area contributed by atoms with Gasteiger partial charge < -0.3 is 5.32 Å². The number of rotatable bonds is 7. The first-order valence-electron chi connectivity index (χ1n) is 10.8. The summed E-state index contributed by atoms with van der Waals surface area (Å²) >= 11 is 3.39. The fraction of sp³-hybridized carbons (Fsp3) is 0.522. The second-order valence-electron chi connectivity index (χ2n) is 9.68. The van der Waals surface area contributed by atoms with E-state index < -0.39 is 4.92 Å². The smallest absolute Gasteiger partial charge is 0.283 e. The van der Waals surface area contributed by atoms with Crippen LogP contribution in [0, 0.1) is 33.3 Å². The second kappa shape index (κ2) is 8.42. The maximum absolute atomic E-state index is 12.8. The lowest BCUT2D eigenvalue weighted by Crippen LogP contribution is -2.58. The van der Waals surface area contributed by atoms with Crippen molar-refractivity contribution < 1.29 is 9.72 Å². The number of aromatic nitrogens is 2. The molecule has 4 atom stereocenters. The molecule has 1 heterocycles. The Balaban J connectivity index is 1.43. The van der Waals surface area contributed by atoms with Gasteiger partial charge >= 0.3 is 0 Å². The third-order valence-electron chi connectivity index (χ3n) is 7.53. The number of nitrogens with one attached hydrogen (secondary N) is 1. The van der Waals surface area contributed by atoms with Gasteiger partial charge in [-0.25, -0.2) is 4.68 Å². The normalized spacial score (nSPS) is 25.6. The lowest BCUT2D eigenvalue weighted by molar-refractivity contribution is -0.384. The predicted octanol–water partition coefficient (Wildman–Crippen LogP) is 4.21. The number of carbonyl (C=O) groups excluding carboxylic acids is 1. The molecule has 0 radical (unpaired) electrons. The van der Waals surface area contributed by atoms with Crippen molar-refractivity contribution in [3.05, 3.63) is 61.0 Å². The van der Waals surface area contributed by atoms with Gasteiger partial charge in [0.1, 0.15) is 11.0 Å². The van der Waals surface area contributed by atoms with Crippen LogP contribution < -0.4 is 10.9 Å². The average molecular weight is 503 g/mol. The lowest BCUT2D eigenvalue weighted by Gasteiger charge is -2.62. The minimum Gasteiger partial charge on any atom is -0.380 e. The van der Waals surface area contributed by atoms with Gasteiger partial charge in [-0.15, -0.1) is 0 Å². The third-order valence-corrected chi connectivity index (χ3v) is 8.30. The van der Waals surface area contributed by atoms with Crippen LogP contribution in [-0.2, 0) is 17.8 Å². The first-order chi connectivity index (χ1) is 15.1. The zero-order valence-electron chi connectivity index (χ0n) is 18.4. The molecule has 170 valence electrons. The van der Waals surface area contributed by atoms with Crippen molar-refractivity contribution in [2.24, 2.45) is 23.2 Å². The van der Waals surface area contributed by atoms with Gasteiger partial charge in [0.15, 0.2) is 5.78 Å². The van der Waals surface area contributed by atoms with Gasteiger partial charge in [-0.1, -0.05) is 32.9 Å². The highest BCUT2D eigenvalue weighted by atomic mass is 79.9. The van der Waals surface area contributed by atoms with Gasteiger partial charge in [-0.05, 0) is 57.5 Å². The number of non-ortho nitro benzene ring substituents is 1. The van der Waals surface area contributed by atoms with Gasteiger partial charge in [0.2, 0.25) is 0 Å². The number of halogens is 1. The maximum Gasteiger partial charge on any atom is 0.283 e.